The third-order valence-electron chi connectivity index (χ3n) is 8.79. The van der Waals surface area contributed by atoms with Gasteiger partial charge in [-0.05, 0) is 12.1 Å². The average molecular weight is 515 g/mol. The topological polar surface area (TPSA) is 104 Å². The molecule has 2 heterocycles. The van der Waals surface area contributed by atoms with Crippen LogP contribution in [0.3, 0.4) is 0 Å². The summed E-state index contributed by atoms with van der Waals surface area (Å²) in [6.45, 7) is 10.4. The lowest BCUT2D eigenvalue weighted by atomic mass is 9.76. The molecule has 2 aromatic carbocycles. The SMILES string of the molecule is CC(C)(C)C(=O)[C@@H]1[C@@H]2c3ccccc3OC(=O)[C@]12C(=O)[C@]12C(=O)Oc3ccccc3[C@H]1[C@H]2C(=O)C(C)(C)C. The minimum absolute atomic E-state index is 0.263. The summed E-state index contributed by atoms with van der Waals surface area (Å²) < 4.78 is 11.4. The zero-order valence-electron chi connectivity index (χ0n) is 22.3. The molecule has 0 amide bonds. The summed E-state index contributed by atoms with van der Waals surface area (Å²) in [5.74, 6) is -5.89. The van der Waals surface area contributed by atoms with E-state index in [0.29, 0.717) is 22.6 Å². The highest BCUT2D eigenvalue weighted by Crippen LogP contribution is 2.79. The van der Waals surface area contributed by atoms with Crippen molar-refractivity contribution in [2.45, 2.75) is 53.4 Å². The van der Waals surface area contributed by atoms with Crippen LogP contribution in [0.5, 0.6) is 11.5 Å². The highest BCUT2D eigenvalue weighted by atomic mass is 16.5. The lowest BCUT2D eigenvalue weighted by molar-refractivity contribution is -0.158. The standard InChI is InChI=1S/C31H30O7/c1-28(2,3)23(32)21-19-15-11-7-9-13-17(15)37-26(35)30(19,21)25(34)31-20(22(31)24(33)29(4,5)6)16-12-8-10-14-18(16)38-27(31)36/h7-14,19-22H,1-6H3/t19-,20-,21-,22-,30-,31-/m0/s1. The van der Waals surface area contributed by atoms with Crippen LogP contribution in [-0.2, 0) is 24.0 Å². The van der Waals surface area contributed by atoms with E-state index >= 15 is 0 Å². The van der Waals surface area contributed by atoms with Gasteiger partial charge in [0.1, 0.15) is 33.9 Å². The minimum atomic E-state index is -1.89. The molecule has 0 radical (unpaired) electrons. The van der Waals surface area contributed by atoms with Gasteiger partial charge in [-0.3, -0.25) is 24.0 Å². The van der Waals surface area contributed by atoms with Crippen LogP contribution >= 0.6 is 0 Å². The Hall–Kier alpha value is -3.61. The first-order valence-corrected chi connectivity index (χ1v) is 13.0. The first-order chi connectivity index (χ1) is 17.7. The van der Waals surface area contributed by atoms with Crippen LogP contribution in [0.2, 0.25) is 0 Å². The van der Waals surface area contributed by atoms with Crippen molar-refractivity contribution in [2.75, 3.05) is 0 Å². The fourth-order valence-electron chi connectivity index (χ4n) is 6.90. The molecule has 7 heteroatoms. The van der Waals surface area contributed by atoms with E-state index in [1.807, 2.05) is 0 Å². The van der Waals surface area contributed by atoms with Crippen LogP contribution in [0, 0.1) is 33.5 Å². The van der Waals surface area contributed by atoms with Gasteiger partial charge >= 0.3 is 11.9 Å². The van der Waals surface area contributed by atoms with Crippen molar-refractivity contribution < 1.29 is 33.4 Å². The van der Waals surface area contributed by atoms with Crippen molar-refractivity contribution >= 4 is 29.3 Å². The molecule has 2 fully saturated rings. The summed E-state index contributed by atoms with van der Waals surface area (Å²) in [5, 5.41) is 0. The van der Waals surface area contributed by atoms with Crippen LogP contribution in [0.15, 0.2) is 48.5 Å². The monoisotopic (exact) mass is 514 g/mol. The third kappa shape index (κ3) is 2.82. The molecule has 2 aliphatic heterocycles. The molecule has 4 aliphatic rings. The normalized spacial score (nSPS) is 32.5. The summed E-state index contributed by atoms with van der Waals surface area (Å²) >= 11 is 0. The number of para-hydroxylation sites is 2. The average Bonchev–Trinajstić information content (AvgIpc) is 3.73. The van der Waals surface area contributed by atoms with E-state index in [0.717, 1.165) is 0 Å². The van der Waals surface area contributed by atoms with Gasteiger partial charge in [-0.25, -0.2) is 0 Å². The first-order valence-electron chi connectivity index (χ1n) is 13.0. The Kier molecular flexibility index (Phi) is 4.73. The number of esters is 2. The van der Waals surface area contributed by atoms with Crippen molar-refractivity contribution in [1.82, 2.24) is 0 Å². The molecule has 0 spiro atoms. The highest BCUT2D eigenvalue weighted by molar-refractivity contribution is 6.28. The molecular formula is C31H30O7. The van der Waals surface area contributed by atoms with Crippen molar-refractivity contribution in [3.05, 3.63) is 59.7 Å². The second kappa shape index (κ2) is 7.28. The molecule has 2 aromatic rings. The molecule has 0 unspecified atom stereocenters. The van der Waals surface area contributed by atoms with Crippen LogP contribution < -0.4 is 9.47 Å². The van der Waals surface area contributed by atoms with E-state index in [2.05, 4.69) is 0 Å². The Morgan fingerprint density at radius 1 is 0.632 bits per heavy atom. The lowest BCUT2D eigenvalue weighted by Crippen LogP contribution is -2.48. The maximum Gasteiger partial charge on any atom is 0.326 e. The number of ether oxygens (including phenoxy) is 2. The van der Waals surface area contributed by atoms with Gasteiger partial charge < -0.3 is 9.47 Å². The molecular weight excluding hydrogens is 484 g/mol. The minimum Gasteiger partial charge on any atom is -0.425 e. The van der Waals surface area contributed by atoms with E-state index in [9.17, 15) is 24.0 Å². The predicted octanol–water partition coefficient (Wildman–Crippen LogP) is 4.42. The summed E-state index contributed by atoms with van der Waals surface area (Å²) in [4.78, 5) is 70.0. The van der Waals surface area contributed by atoms with E-state index in [1.54, 1.807) is 90.1 Å². The van der Waals surface area contributed by atoms with E-state index in [4.69, 9.17) is 9.47 Å². The quantitative estimate of drug-likeness (QED) is 0.338. The van der Waals surface area contributed by atoms with Crippen LogP contribution in [0.4, 0.5) is 0 Å². The Balaban J connectivity index is 1.56. The fraction of sp³-hybridized carbons (Fsp3) is 0.452. The number of Topliss-reactive ketones (excluding diaryl/α,β-unsaturated/α-hetero) is 3. The number of hydrogen-bond donors (Lipinski definition) is 0. The smallest absolute Gasteiger partial charge is 0.326 e. The second-order valence-corrected chi connectivity index (χ2v) is 13.1. The van der Waals surface area contributed by atoms with Crippen LogP contribution in [0.25, 0.3) is 0 Å². The summed E-state index contributed by atoms with van der Waals surface area (Å²) in [7, 11) is 0. The lowest BCUT2D eigenvalue weighted by Gasteiger charge is -2.29. The molecule has 0 aromatic heterocycles. The van der Waals surface area contributed by atoms with Crippen molar-refractivity contribution in [2.24, 2.45) is 33.5 Å². The Bertz CT molecular complexity index is 1360. The Labute approximate surface area is 220 Å². The van der Waals surface area contributed by atoms with Crippen molar-refractivity contribution in [3.63, 3.8) is 0 Å². The zero-order chi connectivity index (χ0) is 27.6. The number of carbonyl (C=O) groups is 5. The number of ketones is 3. The van der Waals surface area contributed by atoms with Gasteiger partial charge in [-0.1, -0.05) is 77.9 Å². The van der Waals surface area contributed by atoms with Crippen molar-refractivity contribution in [3.8, 4) is 11.5 Å². The largest absolute Gasteiger partial charge is 0.425 e. The van der Waals surface area contributed by atoms with E-state index < -0.39 is 63.1 Å². The number of rotatable bonds is 4. The van der Waals surface area contributed by atoms with Gasteiger partial charge in [0.2, 0.25) is 0 Å². The van der Waals surface area contributed by atoms with Crippen LogP contribution in [-0.4, -0.2) is 29.3 Å². The zero-order valence-corrected chi connectivity index (χ0v) is 22.3. The fourth-order valence-corrected chi connectivity index (χ4v) is 6.90. The number of benzene rings is 2. The maximum atomic E-state index is 14.9. The van der Waals surface area contributed by atoms with E-state index in [1.165, 1.54) is 0 Å². The molecule has 0 saturated heterocycles. The molecule has 2 saturated carbocycles. The summed E-state index contributed by atoms with van der Waals surface area (Å²) in [5.41, 5.74) is -4.33. The van der Waals surface area contributed by atoms with Gasteiger partial charge in [-0.15, -0.1) is 0 Å². The van der Waals surface area contributed by atoms with Crippen LogP contribution in [0.1, 0.15) is 64.5 Å². The van der Waals surface area contributed by atoms with Gasteiger partial charge in [0.05, 0.1) is 11.8 Å². The van der Waals surface area contributed by atoms with Gasteiger partial charge in [0.25, 0.3) is 0 Å². The Morgan fingerprint density at radius 3 is 1.32 bits per heavy atom. The van der Waals surface area contributed by atoms with Gasteiger partial charge in [-0.2, -0.15) is 0 Å². The number of hydrogen-bond acceptors (Lipinski definition) is 7. The Morgan fingerprint density at radius 2 is 0.974 bits per heavy atom. The van der Waals surface area contributed by atoms with Gasteiger partial charge in [0, 0.05) is 33.8 Å². The highest BCUT2D eigenvalue weighted by Gasteiger charge is 2.90. The molecule has 0 bridgehead atoms. The second-order valence-electron chi connectivity index (χ2n) is 13.1. The molecule has 6 atom stereocenters. The number of fused-ring (bicyclic) bond motifs is 6. The molecule has 6 rings (SSSR count). The number of carbonyl (C=O) groups excluding carboxylic acids is 5. The van der Waals surface area contributed by atoms with Crippen molar-refractivity contribution in [1.29, 1.82) is 0 Å². The molecule has 7 nitrogen and oxygen atoms in total. The van der Waals surface area contributed by atoms with E-state index in [-0.39, 0.29) is 11.6 Å². The summed E-state index contributed by atoms with van der Waals surface area (Å²) in [6.07, 6.45) is 0. The first kappa shape index (κ1) is 24.7. The molecule has 2 aliphatic carbocycles. The third-order valence-corrected chi connectivity index (χ3v) is 8.79. The maximum absolute atomic E-state index is 14.9. The van der Waals surface area contributed by atoms with Gasteiger partial charge in [0.15, 0.2) is 5.78 Å². The molecule has 196 valence electrons. The molecule has 38 heavy (non-hydrogen) atoms. The predicted molar refractivity (Wildman–Crippen MR) is 135 cm³/mol. The summed E-state index contributed by atoms with van der Waals surface area (Å²) in [6, 6.07) is 13.7. The molecule has 0 N–H and O–H groups in total.